The Morgan fingerprint density at radius 1 is 1.54 bits per heavy atom. The Balaban J connectivity index is 3.52. The lowest BCUT2D eigenvalue weighted by Crippen LogP contribution is -1.98. The summed E-state index contributed by atoms with van der Waals surface area (Å²) in [5.74, 6) is -1.02. The number of nitrogens with zero attached hydrogens (tertiary/aromatic N) is 1. The summed E-state index contributed by atoms with van der Waals surface area (Å²) in [5, 5.41) is 10.3. The topological polar surface area (TPSA) is 60.2 Å². The average Bonchev–Trinajstić information content (AvgIpc) is 2.07. The fraction of sp³-hybridized carbons (Fsp3) is 0. The Morgan fingerprint density at radius 2 is 2.15 bits per heavy atom. The summed E-state index contributed by atoms with van der Waals surface area (Å²) in [6, 6.07) is 2.17. The zero-order valence-electron chi connectivity index (χ0n) is 6.16. The van der Waals surface area contributed by atoms with Crippen LogP contribution in [0.15, 0.2) is 16.6 Å². The van der Waals surface area contributed by atoms with Crippen LogP contribution in [-0.2, 0) is 0 Å². The maximum atomic E-state index is 12.8. The van der Waals surface area contributed by atoms with Crippen molar-refractivity contribution in [2.45, 2.75) is 0 Å². The normalized spacial score (nSPS) is 9.69. The van der Waals surface area contributed by atoms with Crippen molar-refractivity contribution in [3.05, 3.63) is 38.1 Å². The number of carbonyl (C=O) groups is 1. The molecule has 0 aliphatic heterocycles. The zero-order valence-corrected chi connectivity index (χ0v) is 7.75. The number of carbonyl (C=O) groups excluding carboxylic acids is 1. The molecule has 0 saturated carbocycles. The summed E-state index contributed by atoms with van der Waals surface area (Å²) in [5.41, 5.74) is -1.09. The molecule has 1 aromatic carbocycles. The second kappa shape index (κ2) is 3.61. The van der Waals surface area contributed by atoms with Gasteiger partial charge in [-0.15, -0.1) is 0 Å². The number of nitro benzene ring substituents is 1. The van der Waals surface area contributed by atoms with Crippen LogP contribution in [0.5, 0.6) is 0 Å². The average molecular weight is 248 g/mol. The monoisotopic (exact) mass is 247 g/mol. The molecule has 4 nitrogen and oxygen atoms in total. The van der Waals surface area contributed by atoms with Gasteiger partial charge in [0.15, 0.2) is 6.29 Å². The van der Waals surface area contributed by atoms with Crippen LogP contribution in [0.2, 0.25) is 0 Å². The van der Waals surface area contributed by atoms with Gasteiger partial charge < -0.3 is 0 Å². The Labute approximate surface area is 80.6 Å². The van der Waals surface area contributed by atoms with Crippen LogP contribution in [0.25, 0.3) is 0 Å². The van der Waals surface area contributed by atoms with Gasteiger partial charge in [-0.2, -0.15) is 4.39 Å². The van der Waals surface area contributed by atoms with Crippen LogP contribution >= 0.6 is 15.9 Å². The van der Waals surface area contributed by atoms with E-state index in [0.717, 1.165) is 6.07 Å². The molecule has 0 N–H and O–H groups in total. The van der Waals surface area contributed by atoms with Gasteiger partial charge in [-0.05, 0) is 28.1 Å². The van der Waals surface area contributed by atoms with Crippen LogP contribution in [0.4, 0.5) is 10.1 Å². The van der Waals surface area contributed by atoms with Crippen LogP contribution in [-0.4, -0.2) is 11.2 Å². The van der Waals surface area contributed by atoms with Gasteiger partial charge in [0, 0.05) is 4.47 Å². The summed E-state index contributed by atoms with van der Waals surface area (Å²) in [6.45, 7) is 0. The SMILES string of the molecule is O=Cc1c(Br)ccc(F)c1[N+](=O)[O-]. The van der Waals surface area contributed by atoms with Crippen molar-refractivity contribution in [3.63, 3.8) is 0 Å². The predicted octanol–water partition coefficient (Wildman–Crippen LogP) is 2.31. The van der Waals surface area contributed by atoms with Gasteiger partial charge in [-0.25, -0.2) is 0 Å². The Morgan fingerprint density at radius 3 is 2.54 bits per heavy atom. The third-order valence-electron chi connectivity index (χ3n) is 1.42. The molecule has 0 aromatic heterocycles. The van der Waals surface area contributed by atoms with Crippen molar-refractivity contribution >= 4 is 27.9 Å². The third kappa shape index (κ3) is 1.72. The molecule has 0 bridgehead atoms. The summed E-state index contributed by atoms with van der Waals surface area (Å²) in [6.07, 6.45) is 0.241. The van der Waals surface area contributed by atoms with Gasteiger partial charge in [0.25, 0.3) is 0 Å². The van der Waals surface area contributed by atoms with Gasteiger partial charge in [0.2, 0.25) is 5.82 Å². The highest BCUT2D eigenvalue weighted by Crippen LogP contribution is 2.27. The van der Waals surface area contributed by atoms with E-state index in [-0.39, 0.29) is 16.3 Å². The van der Waals surface area contributed by atoms with E-state index in [9.17, 15) is 19.3 Å². The first-order chi connectivity index (χ1) is 6.07. The highest BCUT2D eigenvalue weighted by atomic mass is 79.9. The fourth-order valence-electron chi connectivity index (χ4n) is 0.854. The van der Waals surface area contributed by atoms with Crippen molar-refractivity contribution in [3.8, 4) is 0 Å². The van der Waals surface area contributed by atoms with Gasteiger partial charge in [0.05, 0.1) is 4.92 Å². The molecule has 0 amide bonds. The van der Waals surface area contributed by atoms with Crippen LogP contribution < -0.4 is 0 Å². The Kier molecular flexibility index (Phi) is 2.72. The fourth-order valence-corrected chi connectivity index (χ4v) is 1.27. The lowest BCUT2D eigenvalue weighted by molar-refractivity contribution is -0.387. The summed E-state index contributed by atoms with van der Waals surface area (Å²) < 4.78 is 13.1. The van der Waals surface area contributed by atoms with E-state index in [0.29, 0.717) is 0 Å². The number of rotatable bonds is 2. The third-order valence-corrected chi connectivity index (χ3v) is 2.11. The maximum absolute atomic E-state index is 12.8. The second-order valence-corrected chi connectivity index (χ2v) is 3.02. The second-order valence-electron chi connectivity index (χ2n) is 2.17. The van der Waals surface area contributed by atoms with Crippen molar-refractivity contribution in [2.75, 3.05) is 0 Å². The molecule has 13 heavy (non-hydrogen) atoms. The number of halogens is 2. The maximum Gasteiger partial charge on any atom is 0.316 e. The van der Waals surface area contributed by atoms with Crippen LogP contribution in [0.3, 0.4) is 0 Å². The van der Waals surface area contributed by atoms with E-state index in [1.165, 1.54) is 6.07 Å². The number of benzene rings is 1. The first-order valence-electron chi connectivity index (χ1n) is 3.15. The molecule has 0 unspecified atom stereocenters. The molecule has 6 heteroatoms. The lowest BCUT2D eigenvalue weighted by Gasteiger charge is -1.98. The molecule has 0 spiro atoms. The lowest BCUT2D eigenvalue weighted by atomic mass is 10.2. The van der Waals surface area contributed by atoms with Crippen LogP contribution in [0, 0.1) is 15.9 Å². The minimum atomic E-state index is -1.02. The van der Waals surface area contributed by atoms with E-state index in [2.05, 4.69) is 15.9 Å². The highest BCUT2D eigenvalue weighted by Gasteiger charge is 2.21. The van der Waals surface area contributed by atoms with Gasteiger partial charge >= 0.3 is 5.69 Å². The summed E-state index contributed by atoms with van der Waals surface area (Å²) >= 11 is 2.91. The first-order valence-corrected chi connectivity index (χ1v) is 3.94. The van der Waals surface area contributed by atoms with Gasteiger partial charge in [-0.3, -0.25) is 14.9 Å². The molecular weight excluding hydrogens is 245 g/mol. The van der Waals surface area contributed by atoms with E-state index < -0.39 is 16.4 Å². The smallest absolute Gasteiger partial charge is 0.298 e. The number of nitro groups is 1. The van der Waals surface area contributed by atoms with Crippen molar-refractivity contribution < 1.29 is 14.1 Å². The molecule has 1 aromatic rings. The van der Waals surface area contributed by atoms with E-state index in [4.69, 9.17) is 0 Å². The van der Waals surface area contributed by atoms with Crippen molar-refractivity contribution in [1.82, 2.24) is 0 Å². The van der Waals surface area contributed by atoms with Crippen molar-refractivity contribution in [1.29, 1.82) is 0 Å². The predicted molar refractivity (Wildman–Crippen MR) is 46.1 cm³/mol. The molecule has 0 atom stereocenters. The van der Waals surface area contributed by atoms with E-state index in [1.54, 1.807) is 0 Å². The quantitative estimate of drug-likeness (QED) is 0.458. The number of hydrogen-bond acceptors (Lipinski definition) is 3. The molecule has 0 saturated heterocycles. The molecule has 0 radical (unpaired) electrons. The largest absolute Gasteiger partial charge is 0.316 e. The summed E-state index contributed by atoms with van der Waals surface area (Å²) in [4.78, 5) is 19.8. The Bertz CT molecular complexity index is 380. The van der Waals surface area contributed by atoms with Crippen LogP contribution in [0.1, 0.15) is 10.4 Å². The number of aldehydes is 1. The van der Waals surface area contributed by atoms with Gasteiger partial charge in [-0.1, -0.05) is 0 Å². The molecule has 68 valence electrons. The summed E-state index contributed by atoms with van der Waals surface area (Å²) in [7, 11) is 0. The van der Waals surface area contributed by atoms with E-state index in [1.807, 2.05) is 0 Å². The molecule has 0 heterocycles. The molecule has 0 aliphatic carbocycles. The molecular formula is C7H3BrFNO3. The minimum absolute atomic E-state index is 0.204. The zero-order chi connectivity index (χ0) is 10.0. The van der Waals surface area contributed by atoms with Gasteiger partial charge in [0.1, 0.15) is 5.56 Å². The first kappa shape index (κ1) is 9.79. The van der Waals surface area contributed by atoms with Crippen molar-refractivity contribution in [2.24, 2.45) is 0 Å². The molecule has 1 rings (SSSR count). The number of hydrogen-bond donors (Lipinski definition) is 0. The highest BCUT2D eigenvalue weighted by molar-refractivity contribution is 9.10. The van der Waals surface area contributed by atoms with E-state index >= 15 is 0 Å². The molecule has 0 aliphatic rings. The standard InChI is InChI=1S/C7H3BrFNO3/c8-5-1-2-6(9)7(10(12)13)4(5)3-11/h1-3H. The Hall–Kier alpha value is -1.30. The molecule has 0 fully saturated rings. The minimum Gasteiger partial charge on any atom is -0.298 e.